The molecular formula is C18H23NO3. The summed E-state index contributed by atoms with van der Waals surface area (Å²) in [5.74, 6) is 2.47. The van der Waals surface area contributed by atoms with Crippen molar-refractivity contribution in [1.82, 2.24) is 0 Å². The normalized spacial score (nSPS) is 10.2. The van der Waals surface area contributed by atoms with Crippen molar-refractivity contribution in [1.29, 1.82) is 0 Å². The van der Waals surface area contributed by atoms with Crippen LogP contribution in [0.4, 0.5) is 5.69 Å². The molecule has 0 bridgehead atoms. The Kier molecular flexibility index (Phi) is 5.53. The maximum atomic E-state index is 5.78. The standard InChI is InChI=1S/C18H23NO3/c1-13-9-14(2)11-16(10-13)22-8-7-19-17-12-15(20-3)5-6-18(17)21-4/h5-6,9-12,19H,7-8H2,1-4H3. The fraction of sp³-hybridized carbons (Fsp3) is 0.333. The molecule has 2 rings (SSSR count). The third-order valence-electron chi connectivity index (χ3n) is 3.29. The fourth-order valence-electron chi connectivity index (χ4n) is 2.32. The van der Waals surface area contributed by atoms with Gasteiger partial charge in [0, 0.05) is 12.6 Å². The molecule has 4 nitrogen and oxygen atoms in total. The molecule has 0 saturated carbocycles. The largest absolute Gasteiger partial charge is 0.497 e. The van der Waals surface area contributed by atoms with Crippen LogP contribution in [-0.4, -0.2) is 27.4 Å². The van der Waals surface area contributed by atoms with E-state index in [0.29, 0.717) is 13.2 Å². The van der Waals surface area contributed by atoms with Gasteiger partial charge in [-0.25, -0.2) is 0 Å². The van der Waals surface area contributed by atoms with E-state index in [9.17, 15) is 0 Å². The fourth-order valence-corrected chi connectivity index (χ4v) is 2.32. The Labute approximate surface area is 132 Å². The van der Waals surface area contributed by atoms with Gasteiger partial charge in [-0.3, -0.25) is 0 Å². The smallest absolute Gasteiger partial charge is 0.142 e. The quantitative estimate of drug-likeness (QED) is 0.789. The molecule has 2 aromatic carbocycles. The van der Waals surface area contributed by atoms with Gasteiger partial charge in [0.05, 0.1) is 19.9 Å². The first kappa shape index (κ1) is 16.0. The lowest BCUT2D eigenvalue weighted by atomic mass is 10.1. The third kappa shape index (κ3) is 4.32. The number of methoxy groups -OCH3 is 2. The van der Waals surface area contributed by atoms with E-state index in [1.807, 2.05) is 30.3 Å². The van der Waals surface area contributed by atoms with E-state index in [1.165, 1.54) is 11.1 Å². The Hall–Kier alpha value is -2.36. The van der Waals surface area contributed by atoms with Gasteiger partial charge >= 0.3 is 0 Å². The van der Waals surface area contributed by atoms with Crippen LogP contribution in [0.2, 0.25) is 0 Å². The van der Waals surface area contributed by atoms with Gasteiger partial charge in [0.2, 0.25) is 0 Å². The molecule has 0 unspecified atom stereocenters. The van der Waals surface area contributed by atoms with Crippen molar-refractivity contribution in [2.75, 3.05) is 32.7 Å². The van der Waals surface area contributed by atoms with Crippen LogP contribution >= 0.6 is 0 Å². The van der Waals surface area contributed by atoms with Crippen LogP contribution in [0.5, 0.6) is 17.2 Å². The van der Waals surface area contributed by atoms with Crippen molar-refractivity contribution in [3.8, 4) is 17.2 Å². The van der Waals surface area contributed by atoms with Gasteiger partial charge in [0.15, 0.2) is 0 Å². The van der Waals surface area contributed by atoms with Crippen molar-refractivity contribution in [3.05, 3.63) is 47.5 Å². The predicted octanol–water partition coefficient (Wildman–Crippen LogP) is 3.81. The van der Waals surface area contributed by atoms with Gasteiger partial charge < -0.3 is 19.5 Å². The van der Waals surface area contributed by atoms with E-state index < -0.39 is 0 Å². The zero-order valence-electron chi connectivity index (χ0n) is 13.6. The van der Waals surface area contributed by atoms with E-state index in [4.69, 9.17) is 14.2 Å². The molecule has 4 heteroatoms. The highest BCUT2D eigenvalue weighted by atomic mass is 16.5. The number of anilines is 1. The highest BCUT2D eigenvalue weighted by molar-refractivity contribution is 5.59. The minimum absolute atomic E-state index is 0.573. The molecule has 22 heavy (non-hydrogen) atoms. The van der Waals surface area contributed by atoms with E-state index in [-0.39, 0.29) is 0 Å². The molecule has 0 saturated heterocycles. The minimum Gasteiger partial charge on any atom is -0.497 e. The summed E-state index contributed by atoms with van der Waals surface area (Å²) >= 11 is 0. The SMILES string of the molecule is COc1ccc(OC)c(NCCOc2cc(C)cc(C)c2)c1. The summed E-state index contributed by atoms with van der Waals surface area (Å²) in [6.45, 7) is 5.39. The zero-order chi connectivity index (χ0) is 15.9. The van der Waals surface area contributed by atoms with Crippen LogP contribution in [-0.2, 0) is 0 Å². The maximum Gasteiger partial charge on any atom is 0.142 e. The molecule has 118 valence electrons. The molecule has 1 N–H and O–H groups in total. The highest BCUT2D eigenvalue weighted by Crippen LogP contribution is 2.28. The number of hydrogen-bond donors (Lipinski definition) is 1. The molecule has 0 aliphatic carbocycles. The minimum atomic E-state index is 0.573. The molecule has 0 spiro atoms. The lowest BCUT2D eigenvalue weighted by Gasteiger charge is -2.13. The summed E-state index contributed by atoms with van der Waals surface area (Å²) < 4.78 is 16.3. The first-order valence-corrected chi connectivity index (χ1v) is 7.29. The predicted molar refractivity (Wildman–Crippen MR) is 89.4 cm³/mol. The first-order chi connectivity index (χ1) is 10.6. The number of ether oxygens (including phenoxy) is 3. The molecule has 0 aromatic heterocycles. The average Bonchev–Trinajstić information content (AvgIpc) is 2.50. The Bertz CT molecular complexity index is 605. The van der Waals surface area contributed by atoms with Crippen LogP contribution < -0.4 is 19.5 Å². The number of aryl methyl sites for hydroxylation is 2. The van der Waals surface area contributed by atoms with Crippen molar-refractivity contribution in [3.63, 3.8) is 0 Å². The first-order valence-electron chi connectivity index (χ1n) is 7.29. The van der Waals surface area contributed by atoms with Gasteiger partial charge in [-0.15, -0.1) is 0 Å². The second-order valence-electron chi connectivity index (χ2n) is 5.16. The van der Waals surface area contributed by atoms with Gasteiger partial charge in [0.1, 0.15) is 23.9 Å². The number of rotatable bonds is 7. The van der Waals surface area contributed by atoms with Gasteiger partial charge in [-0.1, -0.05) is 6.07 Å². The van der Waals surface area contributed by atoms with Crippen molar-refractivity contribution in [2.45, 2.75) is 13.8 Å². The summed E-state index contributed by atoms with van der Waals surface area (Å²) in [6, 6.07) is 11.9. The summed E-state index contributed by atoms with van der Waals surface area (Å²) in [5, 5.41) is 3.31. The molecular weight excluding hydrogens is 278 g/mol. The molecule has 0 heterocycles. The van der Waals surface area contributed by atoms with Crippen LogP contribution in [0, 0.1) is 13.8 Å². The van der Waals surface area contributed by atoms with E-state index in [1.54, 1.807) is 14.2 Å². The molecule has 0 amide bonds. The second-order valence-corrected chi connectivity index (χ2v) is 5.16. The highest BCUT2D eigenvalue weighted by Gasteiger charge is 2.04. The van der Waals surface area contributed by atoms with E-state index in [0.717, 1.165) is 22.9 Å². The van der Waals surface area contributed by atoms with Gasteiger partial charge in [0.25, 0.3) is 0 Å². The Balaban J connectivity index is 1.90. The van der Waals surface area contributed by atoms with Gasteiger partial charge in [-0.2, -0.15) is 0 Å². The van der Waals surface area contributed by atoms with E-state index >= 15 is 0 Å². The lowest BCUT2D eigenvalue weighted by Crippen LogP contribution is -2.12. The average molecular weight is 301 g/mol. The maximum absolute atomic E-state index is 5.78. The van der Waals surface area contributed by atoms with Gasteiger partial charge in [-0.05, 0) is 49.2 Å². The Morgan fingerprint density at radius 3 is 2.23 bits per heavy atom. The van der Waals surface area contributed by atoms with Crippen LogP contribution in [0.3, 0.4) is 0 Å². The summed E-state index contributed by atoms with van der Waals surface area (Å²) in [6.07, 6.45) is 0. The number of nitrogens with one attached hydrogen (secondary N) is 1. The van der Waals surface area contributed by atoms with Crippen molar-refractivity contribution < 1.29 is 14.2 Å². The van der Waals surface area contributed by atoms with Crippen molar-refractivity contribution in [2.24, 2.45) is 0 Å². The van der Waals surface area contributed by atoms with Crippen LogP contribution in [0.15, 0.2) is 36.4 Å². The van der Waals surface area contributed by atoms with Crippen LogP contribution in [0.25, 0.3) is 0 Å². The monoisotopic (exact) mass is 301 g/mol. The summed E-state index contributed by atoms with van der Waals surface area (Å²) in [5.41, 5.74) is 3.31. The molecule has 0 radical (unpaired) electrons. The molecule has 0 atom stereocenters. The second kappa shape index (κ2) is 7.59. The topological polar surface area (TPSA) is 39.7 Å². The van der Waals surface area contributed by atoms with Crippen molar-refractivity contribution >= 4 is 5.69 Å². The zero-order valence-corrected chi connectivity index (χ0v) is 13.6. The summed E-state index contributed by atoms with van der Waals surface area (Å²) in [7, 11) is 3.30. The molecule has 0 fully saturated rings. The molecule has 2 aromatic rings. The number of hydrogen-bond acceptors (Lipinski definition) is 4. The third-order valence-corrected chi connectivity index (χ3v) is 3.29. The number of benzene rings is 2. The Morgan fingerprint density at radius 1 is 0.864 bits per heavy atom. The van der Waals surface area contributed by atoms with E-state index in [2.05, 4.69) is 25.2 Å². The lowest BCUT2D eigenvalue weighted by molar-refractivity contribution is 0.332. The summed E-state index contributed by atoms with van der Waals surface area (Å²) in [4.78, 5) is 0. The molecule has 0 aliphatic heterocycles. The Morgan fingerprint density at radius 2 is 1.59 bits per heavy atom. The van der Waals surface area contributed by atoms with Crippen LogP contribution in [0.1, 0.15) is 11.1 Å². The molecule has 0 aliphatic rings.